The van der Waals surface area contributed by atoms with E-state index in [0.29, 0.717) is 24.0 Å². The van der Waals surface area contributed by atoms with Crippen LogP contribution in [0.1, 0.15) is 18.4 Å². The van der Waals surface area contributed by atoms with Crippen molar-refractivity contribution in [2.24, 2.45) is 5.92 Å². The molecule has 3 nitrogen and oxygen atoms in total. The van der Waals surface area contributed by atoms with Crippen LogP contribution in [-0.4, -0.2) is 37.1 Å². The highest BCUT2D eigenvalue weighted by molar-refractivity contribution is 6.30. The summed E-state index contributed by atoms with van der Waals surface area (Å²) in [6.45, 7) is 6.67. The smallest absolute Gasteiger partial charge is 0.226 e. The van der Waals surface area contributed by atoms with Crippen molar-refractivity contribution < 1.29 is 9.53 Å². The van der Waals surface area contributed by atoms with Gasteiger partial charge in [0.25, 0.3) is 0 Å². The maximum Gasteiger partial charge on any atom is 0.226 e. The highest BCUT2D eigenvalue weighted by Crippen LogP contribution is 2.19. The van der Waals surface area contributed by atoms with Crippen molar-refractivity contribution in [3.05, 3.63) is 47.5 Å². The van der Waals surface area contributed by atoms with E-state index < -0.39 is 0 Å². The molecule has 0 spiro atoms. The summed E-state index contributed by atoms with van der Waals surface area (Å²) in [6.07, 6.45) is 4.26. The summed E-state index contributed by atoms with van der Waals surface area (Å²) < 4.78 is 5.49. The molecule has 0 aromatic heterocycles. The van der Waals surface area contributed by atoms with Gasteiger partial charge in [-0.15, -0.1) is 6.58 Å². The van der Waals surface area contributed by atoms with Crippen LogP contribution >= 0.6 is 11.6 Å². The quantitative estimate of drug-likeness (QED) is 0.596. The molecule has 0 unspecified atom stereocenters. The summed E-state index contributed by atoms with van der Waals surface area (Å²) in [5.74, 6) is 0.757. The van der Waals surface area contributed by atoms with Crippen LogP contribution in [0.3, 0.4) is 0 Å². The fraction of sp³-hybridized carbons (Fsp3) is 0.471. The number of piperidine rings is 1. The predicted molar refractivity (Wildman–Crippen MR) is 85.5 cm³/mol. The van der Waals surface area contributed by atoms with Gasteiger partial charge in [-0.25, -0.2) is 0 Å². The number of benzene rings is 1. The number of ether oxygens (including phenoxy) is 1. The van der Waals surface area contributed by atoms with E-state index in [-0.39, 0.29) is 5.91 Å². The van der Waals surface area contributed by atoms with Crippen molar-refractivity contribution in [1.82, 2.24) is 4.90 Å². The van der Waals surface area contributed by atoms with Crippen LogP contribution in [0.5, 0.6) is 0 Å². The molecular weight excluding hydrogens is 286 g/mol. The Bertz CT molecular complexity index is 464. The van der Waals surface area contributed by atoms with Crippen LogP contribution in [0.2, 0.25) is 5.02 Å². The van der Waals surface area contributed by atoms with Gasteiger partial charge in [0.15, 0.2) is 0 Å². The predicted octanol–water partition coefficient (Wildman–Crippen LogP) is 3.32. The van der Waals surface area contributed by atoms with Gasteiger partial charge in [0, 0.05) is 24.7 Å². The lowest BCUT2D eigenvalue weighted by atomic mass is 9.97. The van der Waals surface area contributed by atoms with Gasteiger partial charge < -0.3 is 9.64 Å². The number of carbonyl (C=O) groups is 1. The van der Waals surface area contributed by atoms with Gasteiger partial charge in [-0.2, -0.15) is 0 Å². The Morgan fingerprint density at radius 3 is 2.62 bits per heavy atom. The van der Waals surface area contributed by atoms with Gasteiger partial charge in [0.05, 0.1) is 13.0 Å². The van der Waals surface area contributed by atoms with Crippen molar-refractivity contribution >= 4 is 17.5 Å². The van der Waals surface area contributed by atoms with Gasteiger partial charge in [-0.1, -0.05) is 29.8 Å². The average Bonchev–Trinajstić information content (AvgIpc) is 2.50. The Kier molecular flexibility index (Phi) is 6.27. The maximum atomic E-state index is 12.3. The number of hydrogen-bond acceptors (Lipinski definition) is 2. The SMILES string of the molecule is C=CCOCC1CCN(C(=O)Cc2ccc(Cl)cc2)CC1. The van der Waals surface area contributed by atoms with Gasteiger partial charge in [-0.3, -0.25) is 4.79 Å². The van der Waals surface area contributed by atoms with E-state index in [9.17, 15) is 4.79 Å². The first-order valence-electron chi connectivity index (χ1n) is 7.40. The Hall–Kier alpha value is -1.32. The standard InChI is InChI=1S/C17H22ClNO2/c1-2-11-21-13-15-7-9-19(10-8-15)17(20)12-14-3-5-16(18)6-4-14/h2-6,15H,1,7-13H2. The molecule has 2 rings (SSSR count). The van der Waals surface area contributed by atoms with Gasteiger partial charge in [0.2, 0.25) is 5.91 Å². The fourth-order valence-corrected chi connectivity index (χ4v) is 2.68. The summed E-state index contributed by atoms with van der Waals surface area (Å²) in [6, 6.07) is 7.48. The minimum absolute atomic E-state index is 0.197. The Morgan fingerprint density at radius 1 is 1.33 bits per heavy atom. The molecule has 0 bridgehead atoms. The molecular formula is C17H22ClNO2. The molecule has 21 heavy (non-hydrogen) atoms. The summed E-state index contributed by atoms with van der Waals surface area (Å²) in [4.78, 5) is 14.2. The zero-order valence-electron chi connectivity index (χ0n) is 12.3. The van der Waals surface area contributed by atoms with Gasteiger partial charge in [0.1, 0.15) is 0 Å². The molecule has 0 atom stereocenters. The topological polar surface area (TPSA) is 29.5 Å². The molecule has 0 N–H and O–H groups in total. The lowest BCUT2D eigenvalue weighted by Crippen LogP contribution is -2.40. The molecule has 1 aromatic carbocycles. The molecule has 1 amide bonds. The molecule has 0 saturated carbocycles. The van der Waals surface area contributed by atoms with Crippen LogP contribution in [0.4, 0.5) is 0 Å². The first-order valence-corrected chi connectivity index (χ1v) is 7.77. The number of hydrogen-bond donors (Lipinski definition) is 0. The van der Waals surface area contributed by atoms with Gasteiger partial charge >= 0.3 is 0 Å². The second-order valence-electron chi connectivity index (χ2n) is 5.45. The summed E-state index contributed by atoms with van der Waals surface area (Å²) in [5.41, 5.74) is 1.01. The number of halogens is 1. The number of carbonyl (C=O) groups excluding carboxylic acids is 1. The van der Waals surface area contributed by atoms with Gasteiger partial charge in [-0.05, 0) is 36.5 Å². The molecule has 1 heterocycles. The number of amides is 1. The number of likely N-dealkylation sites (tertiary alicyclic amines) is 1. The fourth-order valence-electron chi connectivity index (χ4n) is 2.56. The third kappa shape index (κ3) is 5.18. The Morgan fingerprint density at radius 2 is 2.00 bits per heavy atom. The van der Waals surface area contributed by atoms with Crippen molar-refractivity contribution in [2.75, 3.05) is 26.3 Å². The number of rotatable bonds is 6. The zero-order chi connectivity index (χ0) is 15.1. The highest BCUT2D eigenvalue weighted by Gasteiger charge is 2.22. The van der Waals surface area contributed by atoms with E-state index in [1.165, 1.54) is 0 Å². The van der Waals surface area contributed by atoms with Crippen LogP contribution < -0.4 is 0 Å². The average molecular weight is 308 g/mol. The first-order chi connectivity index (χ1) is 10.2. The van der Waals surface area contributed by atoms with Crippen LogP contribution in [0.25, 0.3) is 0 Å². The molecule has 1 aliphatic rings. The Balaban J connectivity index is 1.75. The van der Waals surface area contributed by atoms with Crippen molar-refractivity contribution in [3.8, 4) is 0 Å². The van der Waals surface area contributed by atoms with Crippen molar-refractivity contribution in [2.45, 2.75) is 19.3 Å². The molecule has 1 saturated heterocycles. The number of nitrogens with zero attached hydrogens (tertiary/aromatic N) is 1. The van der Waals surface area contributed by atoms with Crippen LogP contribution in [0.15, 0.2) is 36.9 Å². The largest absolute Gasteiger partial charge is 0.377 e. The van der Waals surface area contributed by atoms with E-state index in [0.717, 1.165) is 38.1 Å². The third-order valence-corrected chi connectivity index (χ3v) is 4.08. The first kappa shape index (κ1) is 16.1. The van der Waals surface area contributed by atoms with E-state index in [2.05, 4.69) is 6.58 Å². The summed E-state index contributed by atoms with van der Waals surface area (Å²) >= 11 is 5.85. The van der Waals surface area contributed by atoms with Crippen molar-refractivity contribution in [3.63, 3.8) is 0 Å². The third-order valence-electron chi connectivity index (χ3n) is 3.83. The van der Waals surface area contributed by atoms with E-state index in [1.807, 2.05) is 29.2 Å². The molecule has 1 fully saturated rings. The minimum Gasteiger partial charge on any atom is -0.377 e. The van der Waals surface area contributed by atoms with Crippen LogP contribution in [0, 0.1) is 5.92 Å². The maximum absolute atomic E-state index is 12.3. The summed E-state index contributed by atoms with van der Waals surface area (Å²) in [5, 5.41) is 0.700. The highest BCUT2D eigenvalue weighted by atomic mass is 35.5. The molecule has 1 aliphatic heterocycles. The molecule has 0 radical (unpaired) electrons. The van der Waals surface area contributed by atoms with E-state index in [1.54, 1.807) is 6.08 Å². The second kappa shape index (κ2) is 8.20. The molecule has 4 heteroatoms. The lowest BCUT2D eigenvalue weighted by Gasteiger charge is -2.32. The lowest BCUT2D eigenvalue weighted by molar-refractivity contribution is -0.132. The zero-order valence-corrected chi connectivity index (χ0v) is 13.0. The minimum atomic E-state index is 0.197. The van der Waals surface area contributed by atoms with Crippen LogP contribution in [-0.2, 0) is 16.0 Å². The normalized spacial score (nSPS) is 16.0. The van der Waals surface area contributed by atoms with Crippen molar-refractivity contribution in [1.29, 1.82) is 0 Å². The van der Waals surface area contributed by atoms with E-state index in [4.69, 9.17) is 16.3 Å². The molecule has 1 aromatic rings. The monoisotopic (exact) mass is 307 g/mol. The second-order valence-corrected chi connectivity index (χ2v) is 5.89. The van der Waals surface area contributed by atoms with E-state index >= 15 is 0 Å². The molecule has 0 aliphatic carbocycles. The molecule has 114 valence electrons. The Labute approximate surface area is 131 Å². The summed E-state index contributed by atoms with van der Waals surface area (Å²) in [7, 11) is 0.